The first kappa shape index (κ1) is 11.9. The zero-order valence-corrected chi connectivity index (χ0v) is 10.7. The Kier molecular flexibility index (Phi) is 3.43. The number of aromatic nitrogens is 2. The number of anilines is 1. The van der Waals surface area contributed by atoms with Crippen molar-refractivity contribution in [3.05, 3.63) is 17.1 Å². The lowest BCUT2D eigenvalue weighted by Crippen LogP contribution is -2.18. The van der Waals surface area contributed by atoms with E-state index in [1.165, 1.54) is 0 Å². The molecule has 1 saturated heterocycles. The maximum atomic E-state index is 5.47. The highest BCUT2D eigenvalue weighted by molar-refractivity contribution is 5.46. The summed E-state index contributed by atoms with van der Waals surface area (Å²) in [6, 6.07) is 0. The number of ether oxygens (including phenoxy) is 2. The molecule has 5 nitrogen and oxygen atoms in total. The maximum absolute atomic E-state index is 5.47. The topological polar surface area (TPSA) is 56.3 Å². The van der Waals surface area contributed by atoms with E-state index in [2.05, 4.69) is 10.3 Å². The summed E-state index contributed by atoms with van der Waals surface area (Å²) in [6.07, 6.45) is 2.93. The van der Waals surface area contributed by atoms with Crippen LogP contribution in [0.15, 0.2) is 0 Å². The van der Waals surface area contributed by atoms with Gasteiger partial charge in [-0.05, 0) is 12.3 Å². The van der Waals surface area contributed by atoms with Crippen LogP contribution in [0.5, 0.6) is 0 Å². The summed E-state index contributed by atoms with van der Waals surface area (Å²) in [5.41, 5.74) is 2.27. The number of nitrogens with one attached hydrogen (secondary N) is 1. The van der Waals surface area contributed by atoms with Crippen LogP contribution in [0.2, 0.25) is 0 Å². The molecule has 2 aliphatic heterocycles. The van der Waals surface area contributed by atoms with Crippen LogP contribution < -0.4 is 5.32 Å². The molecule has 0 saturated carbocycles. The van der Waals surface area contributed by atoms with Crippen molar-refractivity contribution in [1.29, 1.82) is 0 Å². The fourth-order valence-electron chi connectivity index (χ4n) is 2.58. The maximum Gasteiger partial charge on any atom is 0.135 e. The molecule has 0 spiro atoms. The van der Waals surface area contributed by atoms with E-state index in [1.54, 1.807) is 0 Å². The van der Waals surface area contributed by atoms with Crippen LogP contribution in [0, 0.1) is 5.92 Å². The van der Waals surface area contributed by atoms with Crippen molar-refractivity contribution in [2.45, 2.75) is 25.9 Å². The molecule has 98 valence electrons. The molecule has 1 unspecified atom stereocenters. The highest BCUT2D eigenvalue weighted by atomic mass is 16.5. The van der Waals surface area contributed by atoms with Gasteiger partial charge in [0.05, 0.1) is 18.9 Å². The van der Waals surface area contributed by atoms with E-state index >= 15 is 0 Å². The third-order valence-electron chi connectivity index (χ3n) is 3.60. The van der Waals surface area contributed by atoms with Crippen LogP contribution in [0.3, 0.4) is 0 Å². The Labute approximate surface area is 107 Å². The van der Waals surface area contributed by atoms with E-state index in [0.717, 1.165) is 62.0 Å². The average molecular weight is 249 g/mol. The van der Waals surface area contributed by atoms with Crippen LogP contribution >= 0.6 is 0 Å². The third kappa shape index (κ3) is 2.33. The summed E-state index contributed by atoms with van der Waals surface area (Å²) in [7, 11) is 1.90. The predicted molar refractivity (Wildman–Crippen MR) is 67.6 cm³/mol. The van der Waals surface area contributed by atoms with Gasteiger partial charge in [0.2, 0.25) is 0 Å². The monoisotopic (exact) mass is 249 g/mol. The molecular formula is C13H19N3O2. The predicted octanol–water partition coefficient (Wildman–Crippen LogP) is 1.17. The second-order valence-electron chi connectivity index (χ2n) is 4.90. The molecule has 1 fully saturated rings. The molecule has 1 N–H and O–H groups in total. The van der Waals surface area contributed by atoms with Gasteiger partial charge in [-0.15, -0.1) is 0 Å². The van der Waals surface area contributed by atoms with Gasteiger partial charge < -0.3 is 14.8 Å². The van der Waals surface area contributed by atoms with Gasteiger partial charge in [0, 0.05) is 38.7 Å². The standard InChI is InChI=1S/C13H19N3O2/c1-14-13-10-8-18-5-3-11(10)15-12(16-13)6-9-2-4-17-7-9/h9H,2-8H2,1H3,(H,14,15,16). The van der Waals surface area contributed by atoms with E-state index in [0.29, 0.717) is 12.5 Å². The lowest BCUT2D eigenvalue weighted by molar-refractivity contribution is 0.109. The molecule has 1 aromatic heterocycles. The quantitative estimate of drug-likeness (QED) is 0.871. The molecule has 5 heteroatoms. The van der Waals surface area contributed by atoms with Gasteiger partial charge >= 0.3 is 0 Å². The van der Waals surface area contributed by atoms with E-state index in [4.69, 9.17) is 14.5 Å². The molecule has 0 aromatic carbocycles. The number of hydrogen-bond acceptors (Lipinski definition) is 5. The van der Waals surface area contributed by atoms with Crippen molar-refractivity contribution in [3.8, 4) is 0 Å². The first-order valence-electron chi connectivity index (χ1n) is 6.58. The summed E-state index contributed by atoms with van der Waals surface area (Å²) in [5, 5.41) is 3.16. The third-order valence-corrected chi connectivity index (χ3v) is 3.60. The fourth-order valence-corrected chi connectivity index (χ4v) is 2.58. The van der Waals surface area contributed by atoms with Gasteiger partial charge in [-0.25, -0.2) is 9.97 Å². The zero-order chi connectivity index (χ0) is 12.4. The van der Waals surface area contributed by atoms with Crippen molar-refractivity contribution in [1.82, 2.24) is 9.97 Å². The normalized spacial score (nSPS) is 22.8. The van der Waals surface area contributed by atoms with E-state index in [1.807, 2.05) is 7.05 Å². The smallest absolute Gasteiger partial charge is 0.135 e. The first-order valence-corrected chi connectivity index (χ1v) is 6.58. The molecule has 3 rings (SSSR count). The Bertz CT molecular complexity index is 413. The van der Waals surface area contributed by atoms with Crippen LogP contribution in [-0.2, 0) is 28.9 Å². The van der Waals surface area contributed by atoms with Crippen LogP contribution in [0.1, 0.15) is 23.5 Å². The highest BCUT2D eigenvalue weighted by Crippen LogP contribution is 2.24. The minimum absolute atomic E-state index is 0.576. The molecule has 0 bridgehead atoms. The molecule has 2 aliphatic rings. The van der Waals surface area contributed by atoms with Gasteiger partial charge in [0.15, 0.2) is 0 Å². The lowest BCUT2D eigenvalue weighted by atomic mass is 10.0. The highest BCUT2D eigenvalue weighted by Gasteiger charge is 2.21. The number of fused-ring (bicyclic) bond motifs is 1. The van der Waals surface area contributed by atoms with E-state index in [-0.39, 0.29) is 0 Å². The molecule has 0 radical (unpaired) electrons. The molecule has 18 heavy (non-hydrogen) atoms. The number of rotatable bonds is 3. The van der Waals surface area contributed by atoms with Crippen molar-refractivity contribution in [3.63, 3.8) is 0 Å². The van der Waals surface area contributed by atoms with Gasteiger partial charge in [0.1, 0.15) is 11.6 Å². The summed E-state index contributed by atoms with van der Waals surface area (Å²) in [5.74, 6) is 2.44. The van der Waals surface area contributed by atoms with Crippen molar-refractivity contribution in [2.75, 3.05) is 32.2 Å². The zero-order valence-electron chi connectivity index (χ0n) is 10.7. The Hall–Kier alpha value is -1.20. The summed E-state index contributed by atoms with van der Waals surface area (Å²) in [6.45, 7) is 3.11. The molecule has 0 aliphatic carbocycles. The Balaban J connectivity index is 1.85. The minimum atomic E-state index is 0.576. The minimum Gasteiger partial charge on any atom is -0.381 e. The van der Waals surface area contributed by atoms with Gasteiger partial charge in [-0.3, -0.25) is 0 Å². The second-order valence-corrected chi connectivity index (χ2v) is 4.90. The molecule has 3 heterocycles. The van der Waals surface area contributed by atoms with Gasteiger partial charge in [0.25, 0.3) is 0 Å². The van der Waals surface area contributed by atoms with Crippen LogP contribution in [-0.4, -0.2) is 36.8 Å². The van der Waals surface area contributed by atoms with E-state index < -0.39 is 0 Å². The molecular weight excluding hydrogens is 230 g/mol. The van der Waals surface area contributed by atoms with E-state index in [9.17, 15) is 0 Å². The first-order chi connectivity index (χ1) is 8.86. The summed E-state index contributed by atoms with van der Waals surface area (Å²) >= 11 is 0. The summed E-state index contributed by atoms with van der Waals surface area (Å²) < 4.78 is 10.9. The number of nitrogens with zero attached hydrogens (tertiary/aromatic N) is 2. The number of hydrogen-bond donors (Lipinski definition) is 1. The summed E-state index contributed by atoms with van der Waals surface area (Å²) in [4.78, 5) is 9.31. The largest absolute Gasteiger partial charge is 0.381 e. The second kappa shape index (κ2) is 5.20. The Morgan fingerprint density at radius 2 is 2.22 bits per heavy atom. The Morgan fingerprint density at radius 3 is 3.00 bits per heavy atom. The van der Waals surface area contributed by atoms with Crippen LogP contribution in [0.4, 0.5) is 5.82 Å². The van der Waals surface area contributed by atoms with Crippen molar-refractivity contribution >= 4 is 5.82 Å². The average Bonchev–Trinajstić information content (AvgIpc) is 2.90. The van der Waals surface area contributed by atoms with Crippen molar-refractivity contribution < 1.29 is 9.47 Å². The molecule has 1 aromatic rings. The SMILES string of the molecule is CNc1nc(CC2CCOC2)nc2c1COCC2. The molecule has 1 atom stereocenters. The van der Waals surface area contributed by atoms with Crippen LogP contribution in [0.25, 0.3) is 0 Å². The van der Waals surface area contributed by atoms with Gasteiger partial charge in [-0.2, -0.15) is 0 Å². The Morgan fingerprint density at radius 1 is 1.28 bits per heavy atom. The van der Waals surface area contributed by atoms with Crippen molar-refractivity contribution in [2.24, 2.45) is 5.92 Å². The molecule has 0 amide bonds. The fraction of sp³-hybridized carbons (Fsp3) is 0.692. The lowest BCUT2D eigenvalue weighted by Gasteiger charge is -2.19. The van der Waals surface area contributed by atoms with Gasteiger partial charge in [-0.1, -0.05) is 0 Å².